The molecule has 2 heterocycles. The zero-order valence-electron chi connectivity index (χ0n) is 19.7. The van der Waals surface area contributed by atoms with Crippen LogP contribution >= 0.6 is 0 Å². The molecule has 0 radical (unpaired) electrons. The number of carbonyl (C=O) groups is 1. The van der Waals surface area contributed by atoms with Crippen molar-refractivity contribution in [2.45, 2.75) is 57.3 Å². The molecular formula is C24H32F3N5O2. The first-order chi connectivity index (χ1) is 16.2. The van der Waals surface area contributed by atoms with Gasteiger partial charge in [0, 0.05) is 44.8 Å². The fourth-order valence-electron chi connectivity index (χ4n) is 4.80. The third-order valence-electron chi connectivity index (χ3n) is 7.08. The first-order valence-electron chi connectivity index (χ1n) is 12.0. The number of amides is 1. The van der Waals surface area contributed by atoms with Gasteiger partial charge in [-0.3, -0.25) is 14.6 Å². The van der Waals surface area contributed by atoms with Gasteiger partial charge in [0.1, 0.15) is 0 Å². The molecule has 1 unspecified atom stereocenters. The molecule has 4 rings (SSSR count). The summed E-state index contributed by atoms with van der Waals surface area (Å²) in [6.07, 6.45) is 1.43. The van der Waals surface area contributed by atoms with Gasteiger partial charge in [-0.15, -0.1) is 0 Å². The van der Waals surface area contributed by atoms with Crippen molar-refractivity contribution in [2.24, 2.45) is 0 Å². The van der Waals surface area contributed by atoms with E-state index in [9.17, 15) is 18.0 Å². The molecule has 34 heavy (non-hydrogen) atoms. The van der Waals surface area contributed by atoms with Crippen LogP contribution in [0.15, 0.2) is 28.8 Å². The zero-order chi connectivity index (χ0) is 24.3. The molecule has 0 N–H and O–H groups in total. The van der Waals surface area contributed by atoms with Crippen molar-refractivity contribution in [1.82, 2.24) is 24.8 Å². The van der Waals surface area contributed by atoms with Gasteiger partial charge in [0.25, 0.3) is 0 Å². The summed E-state index contributed by atoms with van der Waals surface area (Å²) in [4.78, 5) is 23.4. The highest BCUT2D eigenvalue weighted by Crippen LogP contribution is 2.32. The second-order valence-electron chi connectivity index (χ2n) is 9.32. The standard InChI is InChI=1S/C24H32F3N5O2/c1-17(23-28-22(29-34-23)18-7-6-8-19(15-18)24(25,26)27)32-13-11-31(12-14-32)16-21(33)30(2)20-9-4-3-5-10-20/h6-8,15,17,20H,3-5,9-14,16H2,1-2H3. The second kappa shape index (κ2) is 10.4. The summed E-state index contributed by atoms with van der Waals surface area (Å²) in [6, 6.07) is 5.11. The van der Waals surface area contributed by atoms with E-state index in [0.717, 1.165) is 51.2 Å². The summed E-state index contributed by atoms with van der Waals surface area (Å²) >= 11 is 0. The van der Waals surface area contributed by atoms with Crippen LogP contribution in [0.1, 0.15) is 56.5 Å². The molecule has 186 valence electrons. The van der Waals surface area contributed by atoms with Crippen molar-refractivity contribution >= 4 is 5.91 Å². The quantitative estimate of drug-likeness (QED) is 0.618. The molecule has 1 aromatic carbocycles. The lowest BCUT2D eigenvalue weighted by Gasteiger charge is -2.38. The molecule has 1 saturated heterocycles. The number of rotatable bonds is 6. The highest BCUT2D eigenvalue weighted by molar-refractivity contribution is 5.78. The molecule has 7 nitrogen and oxygen atoms in total. The summed E-state index contributed by atoms with van der Waals surface area (Å²) in [5.41, 5.74) is -0.480. The summed E-state index contributed by atoms with van der Waals surface area (Å²) in [7, 11) is 1.92. The van der Waals surface area contributed by atoms with Gasteiger partial charge >= 0.3 is 6.18 Å². The van der Waals surface area contributed by atoms with E-state index in [0.29, 0.717) is 18.5 Å². The highest BCUT2D eigenvalue weighted by atomic mass is 19.4. The maximum Gasteiger partial charge on any atom is 0.416 e. The van der Waals surface area contributed by atoms with E-state index in [1.54, 1.807) is 0 Å². The largest absolute Gasteiger partial charge is 0.416 e. The van der Waals surface area contributed by atoms with Crippen LogP contribution in [0.4, 0.5) is 13.2 Å². The van der Waals surface area contributed by atoms with Crippen molar-refractivity contribution in [2.75, 3.05) is 39.8 Å². The van der Waals surface area contributed by atoms with Crippen LogP contribution in [0, 0.1) is 0 Å². The predicted octanol–water partition coefficient (Wildman–Crippen LogP) is 4.23. The molecule has 10 heteroatoms. The molecule has 0 spiro atoms. The van der Waals surface area contributed by atoms with Gasteiger partial charge in [0.15, 0.2) is 0 Å². The summed E-state index contributed by atoms with van der Waals surface area (Å²) in [5, 5.41) is 3.90. The maximum atomic E-state index is 13.0. The fourth-order valence-corrected chi connectivity index (χ4v) is 4.80. The summed E-state index contributed by atoms with van der Waals surface area (Å²) in [6.45, 7) is 5.36. The predicted molar refractivity (Wildman–Crippen MR) is 121 cm³/mol. The Kier molecular flexibility index (Phi) is 7.57. The van der Waals surface area contributed by atoms with Crippen molar-refractivity contribution in [3.8, 4) is 11.4 Å². The topological polar surface area (TPSA) is 65.7 Å². The van der Waals surface area contributed by atoms with Gasteiger partial charge in [-0.1, -0.05) is 36.6 Å². The Labute approximate surface area is 197 Å². The van der Waals surface area contributed by atoms with Gasteiger partial charge in [-0.05, 0) is 31.9 Å². The number of likely N-dealkylation sites (N-methyl/N-ethyl adjacent to an activating group) is 1. The van der Waals surface area contributed by atoms with Gasteiger partial charge in [-0.25, -0.2) is 0 Å². The lowest BCUT2D eigenvalue weighted by atomic mass is 9.94. The number of aromatic nitrogens is 2. The Morgan fingerprint density at radius 3 is 2.56 bits per heavy atom. The molecule has 2 fully saturated rings. The van der Waals surface area contributed by atoms with E-state index in [1.165, 1.54) is 31.4 Å². The number of alkyl halides is 3. The van der Waals surface area contributed by atoms with E-state index < -0.39 is 11.7 Å². The van der Waals surface area contributed by atoms with Crippen LogP contribution in [-0.2, 0) is 11.0 Å². The average Bonchev–Trinajstić information content (AvgIpc) is 3.34. The highest BCUT2D eigenvalue weighted by Gasteiger charge is 2.32. The number of halogens is 3. The van der Waals surface area contributed by atoms with Crippen molar-refractivity contribution in [1.29, 1.82) is 0 Å². The van der Waals surface area contributed by atoms with Crippen LogP contribution in [0.2, 0.25) is 0 Å². The maximum absolute atomic E-state index is 13.0. The lowest BCUT2D eigenvalue weighted by molar-refractivity contribution is -0.137. The van der Waals surface area contributed by atoms with Crippen LogP contribution in [0.5, 0.6) is 0 Å². The SMILES string of the molecule is CC(c1nc(-c2cccc(C(F)(F)F)c2)no1)N1CCN(CC(=O)N(C)C2CCCCC2)CC1. The Hall–Kier alpha value is -2.46. The smallest absolute Gasteiger partial charge is 0.342 e. The van der Waals surface area contributed by atoms with Crippen molar-refractivity contribution in [3.63, 3.8) is 0 Å². The number of carbonyl (C=O) groups excluding carboxylic acids is 1. The van der Waals surface area contributed by atoms with Crippen molar-refractivity contribution < 1.29 is 22.5 Å². The molecule has 1 amide bonds. The average molecular weight is 480 g/mol. The normalized spacial score (nSPS) is 19.8. The summed E-state index contributed by atoms with van der Waals surface area (Å²) < 4.78 is 44.4. The molecule has 0 bridgehead atoms. The minimum Gasteiger partial charge on any atom is -0.342 e. The van der Waals surface area contributed by atoms with Crippen LogP contribution < -0.4 is 0 Å². The third kappa shape index (κ3) is 5.78. The number of hydrogen-bond donors (Lipinski definition) is 0. The molecule has 2 aliphatic rings. The number of benzene rings is 1. The molecule has 1 aliphatic heterocycles. The number of nitrogens with zero attached hydrogens (tertiary/aromatic N) is 5. The van der Waals surface area contributed by atoms with Crippen molar-refractivity contribution in [3.05, 3.63) is 35.7 Å². The van der Waals surface area contributed by atoms with E-state index in [2.05, 4.69) is 19.9 Å². The second-order valence-corrected chi connectivity index (χ2v) is 9.32. The molecule has 1 atom stereocenters. The summed E-state index contributed by atoms with van der Waals surface area (Å²) in [5.74, 6) is 0.688. The van der Waals surface area contributed by atoms with Gasteiger partial charge in [-0.2, -0.15) is 18.2 Å². The molecular weight excluding hydrogens is 447 g/mol. The molecule has 1 saturated carbocycles. The minimum absolute atomic E-state index is 0.142. The zero-order valence-corrected chi connectivity index (χ0v) is 19.7. The van der Waals surface area contributed by atoms with Gasteiger partial charge < -0.3 is 9.42 Å². The van der Waals surface area contributed by atoms with Gasteiger partial charge in [0.2, 0.25) is 17.6 Å². The number of piperazine rings is 1. The third-order valence-corrected chi connectivity index (χ3v) is 7.08. The lowest BCUT2D eigenvalue weighted by Crippen LogP contribution is -2.51. The van der Waals surface area contributed by atoms with Gasteiger partial charge in [0.05, 0.1) is 18.2 Å². The first kappa shape index (κ1) is 24.7. The molecule has 1 aromatic heterocycles. The van der Waals surface area contributed by atoms with E-state index in [1.807, 2.05) is 18.9 Å². The van der Waals surface area contributed by atoms with Crippen LogP contribution in [-0.4, -0.2) is 76.6 Å². The fraction of sp³-hybridized carbons (Fsp3) is 0.625. The molecule has 2 aromatic rings. The minimum atomic E-state index is -4.43. The van der Waals surface area contributed by atoms with E-state index in [-0.39, 0.29) is 23.3 Å². The van der Waals surface area contributed by atoms with Crippen LogP contribution in [0.3, 0.4) is 0 Å². The van der Waals surface area contributed by atoms with E-state index in [4.69, 9.17) is 4.52 Å². The monoisotopic (exact) mass is 479 g/mol. The number of hydrogen-bond acceptors (Lipinski definition) is 6. The Bertz CT molecular complexity index is 966. The Morgan fingerprint density at radius 1 is 1.18 bits per heavy atom. The van der Waals surface area contributed by atoms with Crippen LogP contribution in [0.25, 0.3) is 11.4 Å². The Balaban J connectivity index is 1.30. The molecule has 1 aliphatic carbocycles. The Morgan fingerprint density at radius 2 is 1.88 bits per heavy atom. The first-order valence-corrected chi connectivity index (χ1v) is 12.0. The van der Waals surface area contributed by atoms with E-state index >= 15 is 0 Å².